The monoisotopic (exact) mass is 283 g/mol. The highest BCUT2D eigenvalue weighted by Gasteiger charge is 2.15. The molecule has 1 aromatic rings. The first-order valence-electron chi connectivity index (χ1n) is 4.47. The van der Waals surface area contributed by atoms with Crippen molar-refractivity contribution in [1.82, 2.24) is 4.72 Å². The topological polar surface area (TPSA) is 66.4 Å². The molecule has 0 aromatic heterocycles. The van der Waals surface area contributed by atoms with E-state index in [0.717, 1.165) is 0 Å². The van der Waals surface area contributed by atoms with Crippen molar-refractivity contribution in [1.29, 1.82) is 0 Å². The number of aliphatic hydroxyl groups is 1. The maximum atomic E-state index is 11.5. The van der Waals surface area contributed by atoms with Gasteiger partial charge in [0.2, 0.25) is 10.0 Å². The zero-order chi connectivity index (χ0) is 12.2. The first-order chi connectivity index (χ1) is 7.46. The van der Waals surface area contributed by atoms with E-state index in [2.05, 4.69) is 4.72 Å². The van der Waals surface area contributed by atoms with E-state index in [1.807, 2.05) is 0 Å². The number of halogens is 2. The number of aliphatic hydroxyl groups excluding tert-OH is 1. The molecule has 0 fully saturated rings. The molecule has 0 radical (unpaired) electrons. The second kappa shape index (κ2) is 5.84. The number of hydrogen-bond acceptors (Lipinski definition) is 3. The molecule has 0 spiro atoms. The third-order valence-electron chi connectivity index (χ3n) is 1.83. The van der Waals surface area contributed by atoms with E-state index in [4.69, 9.17) is 28.3 Å². The zero-order valence-electron chi connectivity index (χ0n) is 8.28. The first kappa shape index (κ1) is 13.7. The summed E-state index contributed by atoms with van der Waals surface area (Å²) in [6.45, 7) is -0.278. The summed E-state index contributed by atoms with van der Waals surface area (Å²) in [4.78, 5) is 0. The minimum Gasteiger partial charge on any atom is -0.395 e. The van der Waals surface area contributed by atoms with E-state index in [-0.39, 0.29) is 18.9 Å². The summed E-state index contributed by atoms with van der Waals surface area (Å²) in [5.41, 5.74) is 0.358. The maximum absolute atomic E-state index is 11.5. The highest BCUT2D eigenvalue weighted by Crippen LogP contribution is 2.25. The predicted molar refractivity (Wildman–Crippen MR) is 64.2 cm³/mol. The number of benzene rings is 1. The summed E-state index contributed by atoms with van der Waals surface area (Å²) in [5.74, 6) is -0.300. The summed E-state index contributed by atoms with van der Waals surface area (Å²) < 4.78 is 25.3. The molecule has 0 saturated heterocycles. The third-order valence-corrected chi connectivity index (χ3v) is 3.85. The minimum atomic E-state index is -3.52. The molecule has 0 bridgehead atoms. The average molecular weight is 284 g/mol. The van der Waals surface area contributed by atoms with E-state index >= 15 is 0 Å². The lowest BCUT2D eigenvalue weighted by molar-refractivity contribution is 0.301. The fourth-order valence-corrected chi connectivity index (χ4v) is 3.00. The Morgan fingerprint density at radius 2 is 1.81 bits per heavy atom. The molecule has 0 heterocycles. The molecule has 7 heteroatoms. The molecule has 90 valence electrons. The Morgan fingerprint density at radius 3 is 2.31 bits per heavy atom. The Morgan fingerprint density at radius 1 is 1.25 bits per heavy atom. The number of hydrogen-bond donors (Lipinski definition) is 2. The molecule has 0 aliphatic carbocycles. The highest BCUT2D eigenvalue weighted by atomic mass is 35.5. The van der Waals surface area contributed by atoms with Crippen molar-refractivity contribution >= 4 is 33.2 Å². The summed E-state index contributed by atoms with van der Waals surface area (Å²) in [7, 11) is -3.52. The molecule has 0 aliphatic rings. The van der Waals surface area contributed by atoms with Crippen molar-refractivity contribution in [2.45, 2.75) is 5.75 Å². The van der Waals surface area contributed by atoms with E-state index in [0.29, 0.717) is 15.6 Å². The lowest BCUT2D eigenvalue weighted by atomic mass is 10.2. The fourth-order valence-electron chi connectivity index (χ4n) is 1.11. The Kier molecular flexibility index (Phi) is 5.01. The molecule has 2 N–H and O–H groups in total. The third kappa shape index (κ3) is 3.92. The van der Waals surface area contributed by atoms with E-state index in [1.165, 1.54) is 0 Å². The van der Waals surface area contributed by atoms with Gasteiger partial charge < -0.3 is 5.11 Å². The van der Waals surface area contributed by atoms with Crippen molar-refractivity contribution in [2.24, 2.45) is 0 Å². The predicted octanol–water partition coefficient (Wildman–Crippen LogP) is 1.41. The second-order valence-electron chi connectivity index (χ2n) is 3.08. The van der Waals surface area contributed by atoms with E-state index < -0.39 is 10.0 Å². The quantitative estimate of drug-likeness (QED) is 0.859. The van der Waals surface area contributed by atoms with E-state index in [9.17, 15) is 8.42 Å². The lowest BCUT2D eigenvalue weighted by Gasteiger charge is -2.08. The van der Waals surface area contributed by atoms with Crippen LogP contribution in [0, 0.1) is 0 Å². The Hall–Kier alpha value is -0.330. The Bertz CT molecular complexity index is 442. The van der Waals surface area contributed by atoms with Crippen LogP contribution in [0.1, 0.15) is 5.56 Å². The van der Waals surface area contributed by atoms with E-state index in [1.54, 1.807) is 18.2 Å². The Labute approximate surface area is 104 Å². The minimum absolute atomic E-state index is 0.0234. The fraction of sp³-hybridized carbons (Fsp3) is 0.333. The molecule has 1 aromatic carbocycles. The van der Waals surface area contributed by atoms with Crippen LogP contribution in [0.2, 0.25) is 10.0 Å². The molecule has 0 atom stereocenters. The summed E-state index contributed by atoms with van der Waals surface area (Å²) in [5, 5.41) is 9.14. The van der Waals surface area contributed by atoms with Gasteiger partial charge in [-0.15, -0.1) is 0 Å². The van der Waals surface area contributed by atoms with Crippen LogP contribution in [0.5, 0.6) is 0 Å². The summed E-state index contributed by atoms with van der Waals surface area (Å²) in [6, 6.07) is 4.79. The van der Waals surface area contributed by atoms with Gasteiger partial charge in [-0.1, -0.05) is 29.3 Å². The van der Waals surface area contributed by atoms with Crippen LogP contribution in [0.4, 0.5) is 0 Å². The van der Waals surface area contributed by atoms with Gasteiger partial charge in [0.05, 0.1) is 12.4 Å². The van der Waals surface area contributed by atoms with Gasteiger partial charge in [-0.3, -0.25) is 0 Å². The van der Waals surface area contributed by atoms with Crippen LogP contribution in [0.25, 0.3) is 0 Å². The SMILES string of the molecule is O=S(=O)(Cc1c(Cl)cccc1Cl)NCCO. The lowest BCUT2D eigenvalue weighted by Crippen LogP contribution is -2.28. The highest BCUT2D eigenvalue weighted by molar-refractivity contribution is 7.88. The van der Waals surface area contributed by atoms with Gasteiger partial charge in [-0.2, -0.15) is 0 Å². The van der Waals surface area contributed by atoms with Crippen LogP contribution in [0.3, 0.4) is 0 Å². The second-order valence-corrected chi connectivity index (χ2v) is 5.70. The molecule has 0 unspecified atom stereocenters. The molecule has 0 saturated carbocycles. The van der Waals surface area contributed by atoms with Gasteiger partial charge >= 0.3 is 0 Å². The molecule has 0 aliphatic heterocycles. The van der Waals surface area contributed by atoms with Crippen molar-refractivity contribution in [2.75, 3.05) is 13.2 Å². The van der Waals surface area contributed by atoms with Crippen LogP contribution in [-0.4, -0.2) is 26.7 Å². The molecule has 1 rings (SSSR count). The summed E-state index contributed by atoms with van der Waals surface area (Å²) in [6.07, 6.45) is 0. The van der Waals surface area contributed by atoms with Gasteiger partial charge in [-0.05, 0) is 12.1 Å². The van der Waals surface area contributed by atoms with Gasteiger partial charge in [0.25, 0.3) is 0 Å². The maximum Gasteiger partial charge on any atom is 0.215 e. The van der Waals surface area contributed by atoms with Crippen molar-refractivity contribution in [3.8, 4) is 0 Å². The smallest absolute Gasteiger partial charge is 0.215 e. The number of sulfonamides is 1. The molecular weight excluding hydrogens is 273 g/mol. The number of rotatable bonds is 5. The average Bonchev–Trinajstić information content (AvgIpc) is 2.21. The number of nitrogens with one attached hydrogen (secondary N) is 1. The molecule has 0 amide bonds. The van der Waals surface area contributed by atoms with Crippen LogP contribution in [0.15, 0.2) is 18.2 Å². The van der Waals surface area contributed by atoms with Crippen molar-refractivity contribution in [3.63, 3.8) is 0 Å². The molecule has 16 heavy (non-hydrogen) atoms. The molecular formula is C9H11Cl2NO3S. The summed E-state index contributed by atoms with van der Waals surface area (Å²) >= 11 is 11.7. The van der Waals surface area contributed by atoms with Gasteiger partial charge in [-0.25, -0.2) is 13.1 Å². The van der Waals surface area contributed by atoms with Crippen molar-refractivity contribution in [3.05, 3.63) is 33.8 Å². The van der Waals surface area contributed by atoms with Crippen LogP contribution >= 0.6 is 23.2 Å². The standard InChI is InChI=1S/C9H11Cl2NO3S/c10-8-2-1-3-9(11)7(8)6-16(14,15)12-4-5-13/h1-3,12-13H,4-6H2. The Balaban J connectivity index is 2.88. The van der Waals surface area contributed by atoms with Gasteiger partial charge in [0.15, 0.2) is 0 Å². The zero-order valence-corrected chi connectivity index (χ0v) is 10.6. The normalized spacial score (nSPS) is 11.7. The van der Waals surface area contributed by atoms with Gasteiger partial charge in [0.1, 0.15) is 0 Å². The van der Waals surface area contributed by atoms with Gasteiger partial charge in [0, 0.05) is 22.2 Å². The first-order valence-corrected chi connectivity index (χ1v) is 6.88. The largest absolute Gasteiger partial charge is 0.395 e. The van der Waals surface area contributed by atoms with Crippen LogP contribution in [-0.2, 0) is 15.8 Å². The van der Waals surface area contributed by atoms with Crippen molar-refractivity contribution < 1.29 is 13.5 Å². The van der Waals surface area contributed by atoms with Crippen LogP contribution < -0.4 is 4.72 Å². The molecule has 4 nitrogen and oxygen atoms in total.